The standard InChI is InChI=1S/C11H17N3/c1-8(2)7-14-11(12)10-9(3)5-4-6-13-10/h4-6,8H,7H2,1-3H3,(H2,12,14). The van der Waals surface area contributed by atoms with Crippen LogP contribution in [-0.4, -0.2) is 17.4 Å². The van der Waals surface area contributed by atoms with Crippen molar-refractivity contribution in [1.82, 2.24) is 4.98 Å². The molecule has 0 unspecified atom stereocenters. The van der Waals surface area contributed by atoms with Gasteiger partial charge >= 0.3 is 0 Å². The molecule has 0 aliphatic rings. The number of rotatable bonds is 3. The van der Waals surface area contributed by atoms with E-state index in [0.717, 1.165) is 17.8 Å². The maximum Gasteiger partial charge on any atom is 0.144 e. The molecule has 0 fully saturated rings. The Kier molecular flexibility index (Phi) is 3.63. The van der Waals surface area contributed by atoms with Crippen molar-refractivity contribution in [3.8, 4) is 0 Å². The Morgan fingerprint density at radius 2 is 2.29 bits per heavy atom. The second kappa shape index (κ2) is 4.74. The van der Waals surface area contributed by atoms with Crippen LogP contribution in [0, 0.1) is 12.8 Å². The fraction of sp³-hybridized carbons (Fsp3) is 0.455. The summed E-state index contributed by atoms with van der Waals surface area (Å²) in [6.07, 6.45) is 1.74. The molecule has 1 aromatic heterocycles. The van der Waals surface area contributed by atoms with E-state index in [0.29, 0.717) is 11.8 Å². The van der Waals surface area contributed by atoms with Gasteiger partial charge in [-0.25, -0.2) is 0 Å². The molecule has 3 heteroatoms. The predicted octanol–water partition coefficient (Wildman–Crippen LogP) is 1.75. The first-order chi connectivity index (χ1) is 6.61. The maximum absolute atomic E-state index is 5.83. The number of nitrogens with two attached hydrogens (primary N) is 1. The highest BCUT2D eigenvalue weighted by Gasteiger charge is 2.03. The normalized spacial score (nSPS) is 12.1. The van der Waals surface area contributed by atoms with Gasteiger partial charge in [0.25, 0.3) is 0 Å². The molecule has 0 aliphatic heterocycles. The third-order valence-electron chi connectivity index (χ3n) is 1.88. The van der Waals surface area contributed by atoms with Gasteiger partial charge in [0.05, 0.1) is 0 Å². The van der Waals surface area contributed by atoms with Crippen molar-refractivity contribution in [2.75, 3.05) is 6.54 Å². The monoisotopic (exact) mass is 191 g/mol. The van der Waals surface area contributed by atoms with Gasteiger partial charge < -0.3 is 5.73 Å². The average molecular weight is 191 g/mol. The molecular weight excluding hydrogens is 174 g/mol. The molecule has 3 nitrogen and oxygen atoms in total. The van der Waals surface area contributed by atoms with Gasteiger partial charge in [-0.2, -0.15) is 0 Å². The number of pyridine rings is 1. The molecule has 0 atom stereocenters. The Bertz CT molecular complexity index is 329. The zero-order valence-electron chi connectivity index (χ0n) is 8.99. The fourth-order valence-electron chi connectivity index (χ4n) is 1.11. The number of amidine groups is 1. The number of nitrogens with zero attached hydrogens (tertiary/aromatic N) is 2. The van der Waals surface area contributed by atoms with Crippen LogP contribution in [0.25, 0.3) is 0 Å². The van der Waals surface area contributed by atoms with Crippen LogP contribution >= 0.6 is 0 Å². The SMILES string of the molecule is Cc1cccnc1C(N)=NCC(C)C. The van der Waals surface area contributed by atoms with E-state index in [1.54, 1.807) is 6.20 Å². The Morgan fingerprint density at radius 3 is 2.86 bits per heavy atom. The quantitative estimate of drug-likeness (QED) is 0.584. The Morgan fingerprint density at radius 1 is 1.57 bits per heavy atom. The molecule has 14 heavy (non-hydrogen) atoms. The van der Waals surface area contributed by atoms with Crippen LogP contribution in [0.1, 0.15) is 25.1 Å². The smallest absolute Gasteiger partial charge is 0.144 e. The van der Waals surface area contributed by atoms with Crippen molar-refractivity contribution in [3.05, 3.63) is 29.6 Å². The van der Waals surface area contributed by atoms with Gasteiger partial charge in [-0.15, -0.1) is 0 Å². The summed E-state index contributed by atoms with van der Waals surface area (Å²) in [5.41, 5.74) is 7.70. The Labute approximate surface area is 85.1 Å². The molecule has 0 amide bonds. The van der Waals surface area contributed by atoms with Crippen LogP contribution in [0.4, 0.5) is 0 Å². The summed E-state index contributed by atoms with van der Waals surface area (Å²) in [4.78, 5) is 8.49. The average Bonchev–Trinajstić information content (AvgIpc) is 2.15. The van der Waals surface area contributed by atoms with Crippen molar-refractivity contribution in [1.29, 1.82) is 0 Å². The number of aromatic nitrogens is 1. The lowest BCUT2D eigenvalue weighted by atomic mass is 10.2. The van der Waals surface area contributed by atoms with Gasteiger partial charge in [0.2, 0.25) is 0 Å². The molecule has 76 valence electrons. The number of aryl methyl sites for hydroxylation is 1. The molecule has 1 aromatic rings. The van der Waals surface area contributed by atoms with Gasteiger partial charge in [0, 0.05) is 12.7 Å². The summed E-state index contributed by atoms with van der Waals surface area (Å²) >= 11 is 0. The first kappa shape index (κ1) is 10.7. The third-order valence-corrected chi connectivity index (χ3v) is 1.88. The number of hydrogen-bond acceptors (Lipinski definition) is 2. The zero-order chi connectivity index (χ0) is 10.6. The highest BCUT2D eigenvalue weighted by Crippen LogP contribution is 2.03. The van der Waals surface area contributed by atoms with Crippen LogP contribution in [0.2, 0.25) is 0 Å². The highest BCUT2D eigenvalue weighted by molar-refractivity contribution is 5.96. The van der Waals surface area contributed by atoms with E-state index in [-0.39, 0.29) is 0 Å². The minimum absolute atomic E-state index is 0.526. The molecule has 1 heterocycles. The van der Waals surface area contributed by atoms with E-state index in [4.69, 9.17) is 5.73 Å². The lowest BCUT2D eigenvalue weighted by Crippen LogP contribution is -2.18. The first-order valence-corrected chi connectivity index (χ1v) is 4.83. The van der Waals surface area contributed by atoms with E-state index in [9.17, 15) is 0 Å². The first-order valence-electron chi connectivity index (χ1n) is 4.83. The molecule has 0 radical (unpaired) electrons. The largest absolute Gasteiger partial charge is 0.382 e. The molecule has 0 aliphatic carbocycles. The van der Waals surface area contributed by atoms with Crippen LogP contribution in [0.3, 0.4) is 0 Å². The minimum atomic E-state index is 0.526. The summed E-state index contributed by atoms with van der Waals surface area (Å²) in [7, 11) is 0. The maximum atomic E-state index is 5.83. The topological polar surface area (TPSA) is 51.3 Å². The van der Waals surface area contributed by atoms with Gasteiger partial charge in [0.1, 0.15) is 11.5 Å². The summed E-state index contributed by atoms with van der Waals surface area (Å²) in [5, 5.41) is 0. The van der Waals surface area contributed by atoms with E-state index in [1.807, 2.05) is 19.1 Å². The summed E-state index contributed by atoms with van der Waals surface area (Å²) in [6.45, 7) is 6.96. The van der Waals surface area contributed by atoms with Gasteiger partial charge in [-0.1, -0.05) is 19.9 Å². The zero-order valence-corrected chi connectivity index (χ0v) is 8.99. The molecule has 2 N–H and O–H groups in total. The molecule has 1 rings (SSSR count). The van der Waals surface area contributed by atoms with Crippen LogP contribution < -0.4 is 5.73 Å². The van der Waals surface area contributed by atoms with Gasteiger partial charge in [0.15, 0.2) is 0 Å². The molecule has 0 saturated heterocycles. The highest BCUT2D eigenvalue weighted by atomic mass is 14.9. The van der Waals surface area contributed by atoms with Crippen molar-refractivity contribution in [2.45, 2.75) is 20.8 Å². The lowest BCUT2D eigenvalue weighted by Gasteiger charge is -2.04. The van der Waals surface area contributed by atoms with Crippen molar-refractivity contribution < 1.29 is 0 Å². The summed E-state index contributed by atoms with van der Waals surface area (Å²) in [6, 6.07) is 3.88. The van der Waals surface area contributed by atoms with E-state index >= 15 is 0 Å². The molecular formula is C11H17N3. The van der Waals surface area contributed by atoms with E-state index in [1.165, 1.54) is 0 Å². The molecule has 0 spiro atoms. The van der Waals surface area contributed by atoms with Crippen molar-refractivity contribution >= 4 is 5.84 Å². The van der Waals surface area contributed by atoms with E-state index in [2.05, 4.69) is 23.8 Å². The van der Waals surface area contributed by atoms with Crippen molar-refractivity contribution in [2.24, 2.45) is 16.6 Å². The summed E-state index contributed by atoms with van der Waals surface area (Å²) < 4.78 is 0. The predicted molar refractivity (Wildman–Crippen MR) is 59.4 cm³/mol. The van der Waals surface area contributed by atoms with Gasteiger partial charge in [-0.05, 0) is 24.5 Å². The number of aliphatic imine (C=N–C) groups is 1. The number of hydrogen-bond donors (Lipinski definition) is 1. The lowest BCUT2D eigenvalue weighted by molar-refractivity contribution is 0.665. The fourth-order valence-corrected chi connectivity index (χ4v) is 1.11. The van der Waals surface area contributed by atoms with Crippen molar-refractivity contribution in [3.63, 3.8) is 0 Å². The van der Waals surface area contributed by atoms with Gasteiger partial charge in [-0.3, -0.25) is 9.98 Å². The van der Waals surface area contributed by atoms with E-state index < -0.39 is 0 Å². The Hall–Kier alpha value is -1.38. The van der Waals surface area contributed by atoms with Crippen LogP contribution in [0.5, 0.6) is 0 Å². The van der Waals surface area contributed by atoms with Crippen LogP contribution in [-0.2, 0) is 0 Å². The second-order valence-electron chi connectivity index (χ2n) is 3.79. The third kappa shape index (κ3) is 2.83. The molecule has 0 bridgehead atoms. The van der Waals surface area contributed by atoms with Crippen LogP contribution in [0.15, 0.2) is 23.3 Å². The minimum Gasteiger partial charge on any atom is -0.382 e. The Balaban J connectivity index is 2.84. The molecule has 0 saturated carbocycles. The molecule has 0 aromatic carbocycles. The second-order valence-corrected chi connectivity index (χ2v) is 3.79. The summed E-state index contributed by atoms with van der Waals surface area (Å²) in [5.74, 6) is 1.06.